The summed E-state index contributed by atoms with van der Waals surface area (Å²) < 4.78 is 0. The van der Waals surface area contributed by atoms with Crippen molar-refractivity contribution >= 4 is 40.5 Å². The second-order valence-corrected chi connectivity index (χ2v) is 6.78. The van der Waals surface area contributed by atoms with E-state index in [1.807, 2.05) is 43.3 Å². The number of para-hydroxylation sites is 2. The van der Waals surface area contributed by atoms with Gasteiger partial charge in [0.1, 0.15) is 0 Å². The van der Waals surface area contributed by atoms with Gasteiger partial charge < -0.3 is 15.7 Å². The minimum atomic E-state index is -0.801. The Hall–Kier alpha value is -1.91. The Labute approximate surface area is 158 Å². The number of halogens is 2. The molecule has 1 unspecified atom stereocenters. The number of nitrogens with one attached hydrogen (secondary N) is 2. The SMILES string of the molecule is CCCC(CC(=O)O)Nc1ccccc1NCc1cc(Cl)cc(Cl)c1. The van der Waals surface area contributed by atoms with E-state index in [1.165, 1.54) is 0 Å². The lowest BCUT2D eigenvalue weighted by Gasteiger charge is -2.20. The van der Waals surface area contributed by atoms with Gasteiger partial charge in [-0.1, -0.05) is 48.7 Å². The van der Waals surface area contributed by atoms with Crippen LogP contribution in [-0.2, 0) is 11.3 Å². The first-order valence-electron chi connectivity index (χ1n) is 8.24. The molecule has 0 saturated heterocycles. The Balaban J connectivity index is 2.09. The van der Waals surface area contributed by atoms with E-state index >= 15 is 0 Å². The lowest BCUT2D eigenvalue weighted by molar-refractivity contribution is -0.137. The second kappa shape index (κ2) is 9.54. The summed E-state index contributed by atoms with van der Waals surface area (Å²) in [5.41, 5.74) is 2.77. The van der Waals surface area contributed by atoms with Crippen molar-refractivity contribution in [3.63, 3.8) is 0 Å². The van der Waals surface area contributed by atoms with Gasteiger partial charge in [0.2, 0.25) is 0 Å². The van der Waals surface area contributed by atoms with E-state index in [4.69, 9.17) is 28.3 Å². The van der Waals surface area contributed by atoms with E-state index in [-0.39, 0.29) is 12.5 Å². The normalized spacial score (nSPS) is 11.8. The van der Waals surface area contributed by atoms with Gasteiger partial charge in [-0.05, 0) is 42.3 Å². The summed E-state index contributed by atoms with van der Waals surface area (Å²) in [5, 5.41) is 17.0. The molecule has 0 bridgehead atoms. The highest BCUT2D eigenvalue weighted by molar-refractivity contribution is 6.34. The zero-order valence-corrected chi connectivity index (χ0v) is 15.6. The Bertz CT molecular complexity index is 702. The number of aliphatic carboxylic acids is 1. The van der Waals surface area contributed by atoms with Crippen LogP contribution in [0.25, 0.3) is 0 Å². The van der Waals surface area contributed by atoms with Gasteiger partial charge in [-0.25, -0.2) is 0 Å². The predicted molar refractivity (Wildman–Crippen MR) is 105 cm³/mol. The molecule has 0 aliphatic carbocycles. The number of carboxylic acids is 1. The van der Waals surface area contributed by atoms with Crippen molar-refractivity contribution in [1.82, 2.24) is 0 Å². The average Bonchev–Trinajstić information content (AvgIpc) is 2.53. The van der Waals surface area contributed by atoms with Crippen LogP contribution in [0.3, 0.4) is 0 Å². The Morgan fingerprint density at radius 2 is 1.76 bits per heavy atom. The van der Waals surface area contributed by atoms with Crippen molar-refractivity contribution in [3.8, 4) is 0 Å². The van der Waals surface area contributed by atoms with Crippen molar-refractivity contribution in [2.24, 2.45) is 0 Å². The van der Waals surface area contributed by atoms with Gasteiger partial charge in [0.25, 0.3) is 0 Å². The van der Waals surface area contributed by atoms with Gasteiger partial charge >= 0.3 is 5.97 Å². The highest BCUT2D eigenvalue weighted by atomic mass is 35.5. The van der Waals surface area contributed by atoms with Crippen LogP contribution in [-0.4, -0.2) is 17.1 Å². The van der Waals surface area contributed by atoms with Crippen LogP contribution in [0.15, 0.2) is 42.5 Å². The summed E-state index contributed by atoms with van der Waals surface area (Å²) in [4.78, 5) is 11.1. The summed E-state index contributed by atoms with van der Waals surface area (Å²) in [6.07, 6.45) is 1.80. The maximum atomic E-state index is 11.1. The largest absolute Gasteiger partial charge is 0.481 e. The van der Waals surface area contributed by atoms with E-state index in [2.05, 4.69) is 10.6 Å². The van der Waals surface area contributed by atoms with Gasteiger partial charge in [-0.3, -0.25) is 4.79 Å². The van der Waals surface area contributed by atoms with Gasteiger partial charge in [0.15, 0.2) is 0 Å². The van der Waals surface area contributed by atoms with Crippen LogP contribution in [0.1, 0.15) is 31.7 Å². The van der Waals surface area contributed by atoms with Crippen LogP contribution >= 0.6 is 23.2 Å². The number of benzene rings is 2. The van der Waals surface area contributed by atoms with E-state index in [0.717, 1.165) is 29.8 Å². The van der Waals surface area contributed by atoms with E-state index in [9.17, 15) is 4.79 Å². The van der Waals surface area contributed by atoms with Gasteiger partial charge in [-0.2, -0.15) is 0 Å². The molecule has 2 aromatic rings. The zero-order chi connectivity index (χ0) is 18.2. The van der Waals surface area contributed by atoms with Crippen LogP contribution in [0.2, 0.25) is 10.0 Å². The first-order chi connectivity index (χ1) is 12.0. The van der Waals surface area contributed by atoms with Gasteiger partial charge in [-0.15, -0.1) is 0 Å². The maximum absolute atomic E-state index is 11.1. The summed E-state index contributed by atoms with van der Waals surface area (Å²) in [6.45, 7) is 2.61. The van der Waals surface area contributed by atoms with Crippen molar-refractivity contribution in [3.05, 3.63) is 58.1 Å². The molecule has 2 rings (SSSR count). The Kier molecular flexibility index (Phi) is 7.41. The predicted octanol–water partition coefficient (Wildman–Crippen LogP) is 5.66. The van der Waals surface area contributed by atoms with Crippen molar-refractivity contribution < 1.29 is 9.90 Å². The molecule has 6 heteroatoms. The maximum Gasteiger partial charge on any atom is 0.305 e. The number of rotatable bonds is 9. The number of anilines is 2. The van der Waals surface area contributed by atoms with E-state index < -0.39 is 5.97 Å². The van der Waals surface area contributed by atoms with Crippen molar-refractivity contribution in [2.75, 3.05) is 10.6 Å². The third-order valence-corrected chi connectivity index (χ3v) is 4.19. The fraction of sp³-hybridized carbons (Fsp3) is 0.316. The average molecular weight is 381 g/mol. The smallest absolute Gasteiger partial charge is 0.305 e. The quantitative estimate of drug-likeness (QED) is 0.524. The molecular weight excluding hydrogens is 359 g/mol. The molecule has 4 nitrogen and oxygen atoms in total. The molecule has 0 aromatic heterocycles. The Morgan fingerprint density at radius 1 is 1.12 bits per heavy atom. The minimum Gasteiger partial charge on any atom is -0.481 e. The van der Waals surface area contributed by atoms with Gasteiger partial charge in [0, 0.05) is 22.6 Å². The molecule has 25 heavy (non-hydrogen) atoms. The summed E-state index contributed by atoms with van der Waals surface area (Å²) in [6, 6.07) is 13.1. The number of hydrogen-bond donors (Lipinski definition) is 3. The molecule has 0 heterocycles. The molecule has 0 radical (unpaired) electrons. The van der Waals surface area contributed by atoms with Crippen LogP contribution in [0, 0.1) is 0 Å². The van der Waals surface area contributed by atoms with Crippen LogP contribution < -0.4 is 10.6 Å². The molecule has 134 valence electrons. The fourth-order valence-electron chi connectivity index (χ4n) is 2.68. The van der Waals surface area contributed by atoms with E-state index in [1.54, 1.807) is 6.07 Å². The molecule has 0 spiro atoms. The summed E-state index contributed by atoms with van der Waals surface area (Å²) in [7, 11) is 0. The van der Waals surface area contributed by atoms with Crippen LogP contribution in [0.5, 0.6) is 0 Å². The molecular formula is C19H22Cl2N2O2. The monoisotopic (exact) mass is 380 g/mol. The molecule has 1 atom stereocenters. The molecule has 0 aliphatic rings. The molecule has 0 amide bonds. The van der Waals surface area contributed by atoms with Gasteiger partial charge in [0.05, 0.1) is 17.8 Å². The molecule has 3 N–H and O–H groups in total. The third kappa shape index (κ3) is 6.48. The van der Waals surface area contributed by atoms with Crippen molar-refractivity contribution in [2.45, 2.75) is 38.8 Å². The highest BCUT2D eigenvalue weighted by Gasteiger charge is 2.13. The zero-order valence-electron chi connectivity index (χ0n) is 14.1. The lowest BCUT2D eigenvalue weighted by atomic mass is 10.1. The fourth-order valence-corrected chi connectivity index (χ4v) is 3.25. The first-order valence-corrected chi connectivity index (χ1v) is 8.99. The van der Waals surface area contributed by atoms with Crippen molar-refractivity contribution in [1.29, 1.82) is 0 Å². The molecule has 0 fully saturated rings. The molecule has 0 aliphatic heterocycles. The highest BCUT2D eigenvalue weighted by Crippen LogP contribution is 2.25. The number of carboxylic acid groups (broad SMARTS) is 1. The lowest BCUT2D eigenvalue weighted by Crippen LogP contribution is -2.23. The summed E-state index contributed by atoms with van der Waals surface area (Å²) >= 11 is 12.1. The number of carbonyl (C=O) groups is 1. The molecule has 2 aromatic carbocycles. The molecule has 0 saturated carbocycles. The summed E-state index contributed by atoms with van der Waals surface area (Å²) in [5.74, 6) is -0.801. The standard InChI is InChI=1S/C19H22Cl2N2O2/c1-2-5-16(11-19(24)25)23-18-7-4-3-6-17(18)22-12-13-8-14(20)10-15(21)9-13/h3-4,6-10,16,22-23H,2,5,11-12H2,1H3,(H,24,25). The van der Waals surface area contributed by atoms with E-state index in [0.29, 0.717) is 16.6 Å². The van der Waals surface area contributed by atoms with Crippen LogP contribution in [0.4, 0.5) is 11.4 Å². The minimum absolute atomic E-state index is 0.0894. The third-order valence-electron chi connectivity index (χ3n) is 3.75. The first kappa shape index (κ1) is 19.4. The topological polar surface area (TPSA) is 61.4 Å². The Morgan fingerprint density at radius 3 is 2.36 bits per heavy atom. The number of hydrogen-bond acceptors (Lipinski definition) is 3. The second-order valence-electron chi connectivity index (χ2n) is 5.90.